The average Bonchev–Trinajstić information content (AvgIpc) is 3.08. The van der Waals surface area contributed by atoms with Crippen molar-refractivity contribution in [2.45, 2.75) is 40.2 Å². The van der Waals surface area contributed by atoms with E-state index in [1.165, 1.54) is 11.3 Å². The molecule has 2 rings (SSSR count). The molecule has 0 bridgehead atoms. The van der Waals surface area contributed by atoms with Gasteiger partial charge in [0.15, 0.2) is 5.69 Å². The first-order chi connectivity index (χ1) is 13.5. The highest BCUT2D eigenvalue weighted by molar-refractivity contribution is 7.87. The Balaban J connectivity index is 2.19. The molecule has 3 N–H and O–H groups in total. The van der Waals surface area contributed by atoms with E-state index in [9.17, 15) is 13.2 Å². The molecule has 2 aromatic rings. The van der Waals surface area contributed by atoms with Crippen molar-refractivity contribution in [1.82, 2.24) is 10.3 Å². The van der Waals surface area contributed by atoms with Crippen LogP contribution in [-0.2, 0) is 21.5 Å². The van der Waals surface area contributed by atoms with Gasteiger partial charge in [-0.15, -0.1) is 11.3 Å². The molecule has 0 spiro atoms. The molecule has 29 heavy (non-hydrogen) atoms. The number of benzene rings is 1. The van der Waals surface area contributed by atoms with Crippen LogP contribution in [0, 0.1) is 5.41 Å². The second-order valence-corrected chi connectivity index (χ2v) is 9.81. The quantitative estimate of drug-likeness (QED) is 0.403. The zero-order chi connectivity index (χ0) is 21.7. The highest BCUT2D eigenvalue weighted by Gasteiger charge is 2.21. The van der Waals surface area contributed by atoms with Crippen LogP contribution in [0.25, 0.3) is 0 Å². The third-order valence-corrected chi connectivity index (χ3v) is 5.28. The summed E-state index contributed by atoms with van der Waals surface area (Å²) in [5.74, 6) is -0.440. The SMILES string of the molecule is CCOC(=O)c1csc([C@H](Cc2ccc(NS(=O)(=O)O)cc2)NCC(C)(C)C)n1. The van der Waals surface area contributed by atoms with Gasteiger partial charge in [-0.1, -0.05) is 32.9 Å². The molecule has 1 aromatic heterocycles. The molecule has 160 valence electrons. The van der Waals surface area contributed by atoms with E-state index in [4.69, 9.17) is 9.29 Å². The number of esters is 1. The summed E-state index contributed by atoms with van der Waals surface area (Å²) in [6, 6.07) is 6.59. The summed E-state index contributed by atoms with van der Waals surface area (Å²) in [4.78, 5) is 16.4. The number of carbonyl (C=O) groups excluding carboxylic acids is 1. The van der Waals surface area contributed by atoms with E-state index in [1.54, 1.807) is 36.6 Å². The predicted molar refractivity (Wildman–Crippen MR) is 114 cm³/mol. The molecule has 10 heteroatoms. The van der Waals surface area contributed by atoms with E-state index in [0.29, 0.717) is 18.7 Å². The molecule has 0 saturated carbocycles. The van der Waals surface area contributed by atoms with Gasteiger partial charge in [0, 0.05) is 11.9 Å². The fourth-order valence-electron chi connectivity index (χ4n) is 2.52. The lowest BCUT2D eigenvalue weighted by Crippen LogP contribution is -2.31. The van der Waals surface area contributed by atoms with Crippen molar-refractivity contribution >= 4 is 33.3 Å². The number of nitrogens with one attached hydrogen (secondary N) is 2. The first-order valence-electron chi connectivity index (χ1n) is 9.17. The van der Waals surface area contributed by atoms with Crippen molar-refractivity contribution in [3.05, 3.63) is 45.9 Å². The van der Waals surface area contributed by atoms with Crippen molar-refractivity contribution < 1.29 is 22.5 Å². The molecular weight excluding hydrogens is 414 g/mol. The van der Waals surface area contributed by atoms with Crippen LogP contribution >= 0.6 is 11.3 Å². The van der Waals surface area contributed by atoms with E-state index in [1.807, 2.05) is 4.72 Å². The summed E-state index contributed by atoms with van der Waals surface area (Å²) >= 11 is 1.39. The molecule has 8 nitrogen and oxygen atoms in total. The Morgan fingerprint density at radius 1 is 1.28 bits per heavy atom. The maximum atomic E-state index is 11.9. The minimum Gasteiger partial charge on any atom is -0.461 e. The molecule has 0 aliphatic rings. The summed E-state index contributed by atoms with van der Waals surface area (Å²) in [5.41, 5.74) is 1.57. The number of nitrogens with zero attached hydrogens (tertiary/aromatic N) is 1. The van der Waals surface area contributed by atoms with Crippen molar-refractivity contribution in [3.8, 4) is 0 Å². The lowest BCUT2D eigenvalue weighted by molar-refractivity contribution is 0.0520. The Bertz CT molecular complexity index is 918. The smallest absolute Gasteiger partial charge is 0.357 e. The summed E-state index contributed by atoms with van der Waals surface area (Å²) in [6.07, 6.45) is 0.595. The van der Waals surface area contributed by atoms with Crippen LogP contribution in [0.2, 0.25) is 0 Å². The minimum atomic E-state index is -4.31. The molecule has 1 atom stereocenters. The molecule has 0 aliphatic carbocycles. The second kappa shape index (κ2) is 9.66. The molecule has 0 unspecified atom stereocenters. The maximum Gasteiger partial charge on any atom is 0.357 e. The Labute approximate surface area is 175 Å². The fourth-order valence-corrected chi connectivity index (χ4v) is 3.81. The van der Waals surface area contributed by atoms with Gasteiger partial charge in [0.1, 0.15) is 5.01 Å². The lowest BCUT2D eigenvalue weighted by atomic mass is 9.96. The van der Waals surface area contributed by atoms with Gasteiger partial charge in [0.25, 0.3) is 0 Å². The molecular formula is C19H27N3O5S2. The highest BCUT2D eigenvalue weighted by Crippen LogP contribution is 2.25. The topological polar surface area (TPSA) is 118 Å². The third kappa shape index (κ3) is 8.09. The molecule has 0 fully saturated rings. The first kappa shape index (κ1) is 23.3. The van der Waals surface area contributed by atoms with Gasteiger partial charge in [-0.3, -0.25) is 9.27 Å². The van der Waals surface area contributed by atoms with Gasteiger partial charge >= 0.3 is 16.3 Å². The largest absolute Gasteiger partial charge is 0.461 e. The van der Waals surface area contributed by atoms with Crippen LogP contribution in [0.15, 0.2) is 29.6 Å². The van der Waals surface area contributed by atoms with Gasteiger partial charge < -0.3 is 10.1 Å². The maximum absolute atomic E-state index is 11.9. The third-order valence-electron chi connectivity index (χ3n) is 3.82. The number of ether oxygens (including phenoxy) is 1. The highest BCUT2D eigenvalue weighted by atomic mass is 32.2. The van der Waals surface area contributed by atoms with Crippen molar-refractivity contribution in [1.29, 1.82) is 0 Å². The standard InChI is InChI=1S/C19H27N3O5S2/c1-5-27-18(23)16-11-28-17(21-16)15(20-12-19(2,3)4)10-13-6-8-14(9-7-13)22-29(24,25)26/h6-9,11,15,20,22H,5,10,12H2,1-4H3,(H,24,25,26)/t15-/m0/s1. The minimum absolute atomic E-state index is 0.0583. The van der Waals surface area contributed by atoms with Crippen LogP contribution in [-0.4, -0.2) is 37.1 Å². The lowest BCUT2D eigenvalue weighted by Gasteiger charge is -2.24. The van der Waals surface area contributed by atoms with Crippen LogP contribution in [0.5, 0.6) is 0 Å². The van der Waals surface area contributed by atoms with E-state index >= 15 is 0 Å². The van der Waals surface area contributed by atoms with Crippen molar-refractivity contribution in [2.24, 2.45) is 5.41 Å². The van der Waals surface area contributed by atoms with Crippen LogP contribution in [0.1, 0.15) is 54.8 Å². The van der Waals surface area contributed by atoms with E-state index in [-0.39, 0.29) is 17.1 Å². The monoisotopic (exact) mass is 441 g/mol. The Hall–Kier alpha value is -2.01. The molecule has 0 saturated heterocycles. The van der Waals surface area contributed by atoms with Crippen LogP contribution < -0.4 is 10.0 Å². The van der Waals surface area contributed by atoms with E-state index < -0.39 is 16.3 Å². The summed E-state index contributed by atoms with van der Waals surface area (Å²) < 4.78 is 37.7. The predicted octanol–water partition coefficient (Wildman–Crippen LogP) is 3.45. The van der Waals surface area contributed by atoms with Gasteiger partial charge in [0.2, 0.25) is 0 Å². The Morgan fingerprint density at radius 2 is 1.93 bits per heavy atom. The number of anilines is 1. The normalized spacial score (nSPS) is 13.1. The van der Waals surface area contributed by atoms with E-state index in [2.05, 4.69) is 31.1 Å². The number of rotatable bonds is 9. The first-order valence-corrected chi connectivity index (χ1v) is 11.5. The van der Waals surface area contributed by atoms with Crippen molar-refractivity contribution in [2.75, 3.05) is 17.9 Å². The molecule has 0 radical (unpaired) electrons. The second-order valence-electron chi connectivity index (χ2n) is 7.76. The van der Waals surface area contributed by atoms with E-state index in [0.717, 1.165) is 17.1 Å². The summed E-state index contributed by atoms with van der Waals surface area (Å²) in [6.45, 7) is 9.16. The molecule has 0 aliphatic heterocycles. The molecule has 1 heterocycles. The van der Waals surface area contributed by atoms with Gasteiger partial charge in [0.05, 0.1) is 18.3 Å². The summed E-state index contributed by atoms with van der Waals surface area (Å²) in [5, 5.41) is 5.97. The number of hydrogen-bond acceptors (Lipinski definition) is 7. The van der Waals surface area contributed by atoms with Gasteiger partial charge in [-0.25, -0.2) is 9.78 Å². The number of aromatic nitrogens is 1. The molecule has 1 aromatic carbocycles. The Kier molecular flexibility index (Phi) is 7.75. The molecule has 0 amide bonds. The van der Waals surface area contributed by atoms with Crippen molar-refractivity contribution in [3.63, 3.8) is 0 Å². The summed E-state index contributed by atoms with van der Waals surface area (Å²) in [7, 11) is -4.31. The van der Waals surface area contributed by atoms with Gasteiger partial charge in [-0.2, -0.15) is 8.42 Å². The number of hydrogen-bond donors (Lipinski definition) is 3. The van der Waals surface area contributed by atoms with Crippen LogP contribution in [0.3, 0.4) is 0 Å². The zero-order valence-electron chi connectivity index (χ0n) is 16.9. The fraction of sp³-hybridized carbons (Fsp3) is 0.474. The number of carbonyl (C=O) groups is 1. The van der Waals surface area contributed by atoms with Crippen LogP contribution in [0.4, 0.5) is 5.69 Å². The number of thiazole rings is 1. The Morgan fingerprint density at radius 3 is 2.48 bits per heavy atom. The zero-order valence-corrected chi connectivity index (χ0v) is 18.6. The average molecular weight is 442 g/mol. The van der Waals surface area contributed by atoms with Gasteiger partial charge in [-0.05, 0) is 36.5 Å².